The average molecular weight is 232 g/mol. The molecule has 0 saturated carbocycles. The van der Waals surface area contributed by atoms with E-state index in [1.165, 1.54) is 6.42 Å². The van der Waals surface area contributed by atoms with Crippen molar-refractivity contribution in [1.82, 2.24) is 10.4 Å². The Morgan fingerprint density at radius 2 is 1.76 bits per heavy atom. The smallest absolute Gasteiger partial charge is 0.265 e. The van der Waals surface area contributed by atoms with Crippen LogP contribution in [0.15, 0.2) is 30.3 Å². The molecule has 17 heavy (non-hydrogen) atoms. The predicted octanol–water partition coefficient (Wildman–Crippen LogP) is 2.59. The van der Waals surface area contributed by atoms with Crippen molar-refractivity contribution in [3.8, 4) is 0 Å². The second-order valence-corrected chi connectivity index (χ2v) is 4.84. The van der Waals surface area contributed by atoms with Gasteiger partial charge in [0.1, 0.15) is 0 Å². The number of rotatable bonds is 2. The maximum Gasteiger partial charge on any atom is 0.265 e. The Morgan fingerprint density at radius 1 is 1.18 bits per heavy atom. The molecule has 1 aliphatic heterocycles. The van der Waals surface area contributed by atoms with E-state index in [0.29, 0.717) is 12.1 Å². The summed E-state index contributed by atoms with van der Waals surface area (Å²) in [7, 11) is 0. The second kappa shape index (κ2) is 5.32. The van der Waals surface area contributed by atoms with Crippen molar-refractivity contribution in [2.24, 2.45) is 0 Å². The predicted molar refractivity (Wildman–Crippen MR) is 68.5 cm³/mol. The summed E-state index contributed by atoms with van der Waals surface area (Å²) in [6, 6.07) is 10.2. The molecule has 0 spiro atoms. The van der Waals surface area contributed by atoms with Crippen molar-refractivity contribution in [3.63, 3.8) is 0 Å². The summed E-state index contributed by atoms with van der Waals surface area (Å²) < 4.78 is 0. The van der Waals surface area contributed by atoms with Crippen LogP contribution in [0.2, 0.25) is 0 Å². The highest BCUT2D eigenvalue weighted by atomic mass is 16.2. The first-order valence-electron chi connectivity index (χ1n) is 6.33. The summed E-state index contributed by atoms with van der Waals surface area (Å²) >= 11 is 0. The topological polar surface area (TPSA) is 32.3 Å². The molecule has 2 atom stereocenters. The third kappa shape index (κ3) is 2.86. The van der Waals surface area contributed by atoms with E-state index in [2.05, 4.69) is 24.3 Å². The van der Waals surface area contributed by atoms with E-state index in [1.807, 2.05) is 30.3 Å². The molecular weight excluding hydrogens is 212 g/mol. The molecule has 92 valence electrons. The van der Waals surface area contributed by atoms with Crippen LogP contribution < -0.4 is 5.43 Å². The van der Waals surface area contributed by atoms with Crippen LogP contribution in [-0.2, 0) is 0 Å². The van der Waals surface area contributed by atoms with E-state index in [1.54, 1.807) is 0 Å². The van der Waals surface area contributed by atoms with E-state index in [4.69, 9.17) is 0 Å². The number of carbonyl (C=O) groups excluding carboxylic acids is 1. The van der Waals surface area contributed by atoms with Crippen LogP contribution in [0.1, 0.15) is 43.5 Å². The van der Waals surface area contributed by atoms with Gasteiger partial charge in [-0.05, 0) is 38.8 Å². The molecule has 1 aromatic rings. The van der Waals surface area contributed by atoms with Gasteiger partial charge in [-0.15, -0.1) is 0 Å². The van der Waals surface area contributed by atoms with Crippen molar-refractivity contribution >= 4 is 5.91 Å². The van der Waals surface area contributed by atoms with E-state index >= 15 is 0 Å². The quantitative estimate of drug-likeness (QED) is 0.850. The molecule has 0 aromatic heterocycles. The molecule has 1 amide bonds. The highest BCUT2D eigenvalue weighted by Gasteiger charge is 2.26. The second-order valence-electron chi connectivity index (χ2n) is 4.84. The fourth-order valence-electron chi connectivity index (χ4n) is 2.41. The lowest BCUT2D eigenvalue weighted by atomic mass is 10.00. The van der Waals surface area contributed by atoms with E-state index < -0.39 is 0 Å². The van der Waals surface area contributed by atoms with Crippen LogP contribution in [0, 0.1) is 0 Å². The van der Waals surface area contributed by atoms with Crippen molar-refractivity contribution in [3.05, 3.63) is 35.9 Å². The molecule has 1 heterocycles. The Morgan fingerprint density at radius 3 is 2.35 bits per heavy atom. The molecule has 1 aromatic carbocycles. The zero-order chi connectivity index (χ0) is 12.3. The molecule has 3 heteroatoms. The monoisotopic (exact) mass is 232 g/mol. The summed E-state index contributed by atoms with van der Waals surface area (Å²) in [4.78, 5) is 12.1. The molecule has 0 bridgehead atoms. The number of nitrogens with zero attached hydrogens (tertiary/aromatic N) is 1. The van der Waals surface area contributed by atoms with Gasteiger partial charge < -0.3 is 0 Å². The summed E-state index contributed by atoms with van der Waals surface area (Å²) in [5, 5.41) is 2.10. The van der Waals surface area contributed by atoms with Crippen LogP contribution >= 0.6 is 0 Å². The molecule has 1 saturated heterocycles. The summed E-state index contributed by atoms with van der Waals surface area (Å²) in [6.07, 6.45) is 3.55. The zero-order valence-corrected chi connectivity index (χ0v) is 10.5. The number of carbonyl (C=O) groups is 1. The van der Waals surface area contributed by atoms with Gasteiger partial charge in [-0.3, -0.25) is 10.2 Å². The number of piperidine rings is 1. The molecule has 0 radical (unpaired) electrons. The van der Waals surface area contributed by atoms with Gasteiger partial charge in [0.2, 0.25) is 0 Å². The maximum atomic E-state index is 12.1. The fraction of sp³-hybridized carbons (Fsp3) is 0.500. The molecule has 2 rings (SSSR count). The van der Waals surface area contributed by atoms with Crippen LogP contribution in [0.5, 0.6) is 0 Å². The zero-order valence-electron chi connectivity index (χ0n) is 10.5. The van der Waals surface area contributed by atoms with Crippen molar-refractivity contribution in [1.29, 1.82) is 0 Å². The van der Waals surface area contributed by atoms with Gasteiger partial charge in [-0.2, -0.15) is 0 Å². The highest BCUT2D eigenvalue weighted by molar-refractivity contribution is 5.93. The van der Waals surface area contributed by atoms with Crippen molar-refractivity contribution in [2.75, 3.05) is 0 Å². The van der Waals surface area contributed by atoms with Gasteiger partial charge in [0.05, 0.1) is 0 Å². The van der Waals surface area contributed by atoms with E-state index in [0.717, 1.165) is 18.4 Å². The Balaban J connectivity index is 2.03. The number of hydrazine groups is 1. The number of nitrogens with one attached hydrogen (secondary N) is 1. The highest BCUT2D eigenvalue weighted by Crippen LogP contribution is 2.20. The first-order valence-corrected chi connectivity index (χ1v) is 6.33. The lowest BCUT2D eigenvalue weighted by Gasteiger charge is -2.38. The fourth-order valence-corrected chi connectivity index (χ4v) is 2.41. The number of hydrogen-bond acceptors (Lipinski definition) is 2. The minimum atomic E-state index is -0.00815. The number of benzene rings is 1. The number of hydrogen-bond donors (Lipinski definition) is 1. The Bertz CT molecular complexity index is 367. The molecular formula is C14H20N2O. The molecule has 3 nitrogen and oxygen atoms in total. The van der Waals surface area contributed by atoms with Crippen LogP contribution in [0.4, 0.5) is 0 Å². The average Bonchev–Trinajstić information content (AvgIpc) is 2.35. The minimum absolute atomic E-state index is 0.00815. The van der Waals surface area contributed by atoms with Gasteiger partial charge in [0.15, 0.2) is 0 Å². The molecule has 1 N–H and O–H groups in total. The summed E-state index contributed by atoms with van der Waals surface area (Å²) in [6.45, 7) is 4.34. The molecule has 0 aliphatic carbocycles. The molecule has 1 fully saturated rings. The van der Waals surface area contributed by atoms with Gasteiger partial charge in [0.25, 0.3) is 5.91 Å². The third-order valence-electron chi connectivity index (χ3n) is 3.46. The first-order chi connectivity index (χ1) is 8.18. The summed E-state index contributed by atoms with van der Waals surface area (Å²) in [5.41, 5.74) is 3.75. The largest absolute Gasteiger partial charge is 0.284 e. The van der Waals surface area contributed by atoms with E-state index in [9.17, 15) is 4.79 Å². The van der Waals surface area contributed by atoms with E-state index in [-0.39, 0.29) is 5.91 Å². The molecule has 1 aliphatic rings. The van der Waals surface area contributed by atoms with Crippen molar-refractivity contribution < 1.29 is 4.79 Å². The number of amides is 1. The van der Waals surface area contributed by atoms with Crippen LogP contribution in [0.25, 0.3) is 0 Å². The lowest BCUT2D eigenvalue weighted by molar-refractivity contribution is 0.0370. The van der Waals surface area contributed by atoms with Crippen molar-refractivity contribution in [2.45, 2.75) is 45.2 Å². The van der Waals surface area contributed by atoms with Crippen LogP contribution in [0.3, 0.4) is 0 Å². The Kier molecular flexibility index (Phi) is 3.79. The summed E-state index contributed by atoms with van der Waals surface area (Å²) in [5.74, 6) is -0.00815. The maximum absolute atomic E-state index is 12.1. The van der Waals surface area contributed by atoms with Crippen LogP contribution in [-0.4, -0.2) is 23.0 Å². The SMILES string of the molecule is C[C@H]1CCC[C@H](C)N1NC(=O)c1ccccc1. The third-order valence-corrected chi connectivity index (χ3v) is 3.46. The Hall–Kier alpha value is -1.35. The van der Waals surface area contributed by atoms with Gasteiger partial charge >= 0.3 is 0 Å². The van der Waals surface area contributed by atoms with Gasteiger partial charge in [-0.1, -0.05) is 24.6 Å². The lowest BCUT2D eigenvalue weighted by Crippen LogP contribution is -2.54. The minimum Gasteiger partial charge on any atom is -0.284 e. The Labute approximate surface area is 103 Å². The standard InChI is InChI=1S/C14H20N2O/c1-11-7-6-8-12(2)16(11)15-14(17)13-9-4-3-5-10-13/h3-5,9-12H,6-8H2,1-2H3,(H,15,17)/t11-,12-/m0/s1. The first kappa shape index (κ1) is 12.1. The molecule has 0 unspecified atom stereocenters. The van der Waals surface area contributed by atoms with Gasteiger partial charge in [-0.25, -0.2) is 5.01 Å². The normalized spacial score (nSPS) is 25.5. The van der Waals surface area contributed by atoms with Gasteiger partial charge in [0, 0.05) is 17.6 Å².